The van der Waals surface area contributed by atoms with E-state index in [1.807, 2.05) is 48.5 Å². The van der Waals surface area contributed by atoms with Crippen LogP contribution in [0.3, 0.4) is 0 Å². The molecule has 27 heavy (non-hydrogen) atoms. The number of carboxylic acid groups (broad SMARTS) is 1. The van der Waals surface area contributed by atoms with Gasteiger partial charge in [0.1, 0.15) is 5.75 Å². The Labute approximate surface area is 158 Å². The van der Waals surface area contributed by atoms with Gasteiger partial charge in [-0.15, -0.1) is 0 Å². The van der Waals surface area contributed by atoms with Crippen LogP contribution in [0.5, 0.6) is 5.75 Å². The van der Waals surface area contributed by atoms with Gasteiger partial charge in [0.05, 0.1) is 12.8 Å². The van der Waals surface area contributed by atoms with Crippen molar-refractivity contribution in [2.75, 3.05) is 13.7 Å². The maximum Gasteiger partial charge on any atom is 0.333 e. The number of hydrogen-bond acceptors (Lipinski definition) is 5. The third kappa shape index (κ3) is 4.65. The highest BCUT2D eigenvalue weighted by molar-refractivity contribution is 6.01. The molecule has 0 bridgehead atoms. The Kier molecular flexibility index (Phi) is 6.08. The zero-order chi connectivity index (χ0) is 19.2. The Morgan fingerprint density at radius 1 is 1.30 bits per heavy atom. The molecule has 0 aliphatic carbocycles. The molecule has 1 unspecified atom stereocenters. The Balaban J connectivity index is 1.69. The van der Waals surface area contributed by atoms with Crippen molar-refractivity contribution in [3.63, 3.8) is 0 Å². The summed E-state index contributed by atoms with van der Waals surface area (Å²) in [6.45, 7) is 2.15. The highest BCUT2D eigenvalue weighted by Crippen LogP contribution is 2.30. The summed E-state index contributed by atoms with van der Waals surface area (Å²) in [5, 5.41) is 13.5. The molecular weight excluding hydrogens is 346 g/mol. The van der Waals surface area contributed by atoms with Crippen LogP contribution in [0.4, 0.5) is 0 Å². The predicted octanol–water partition coefficient (Wildman–Crippen LogP) is 3.59. The highest BCUT2D eigenvalue weighted by atomic mass is 16.6. The zero-order valence-corrected chi connectivity index (χ0v) is 15.4. The molecule has 1 aliphatic rings. The molecule has 0 radical (unpaired) electrons. The van der Waals surface area contributed by atoms with Gasteiger partial charge in [-0.2, -0.15) is 0 Å². The van der Waals surface area contributed by atoms with Crippen molar-refractivity contribution in [1.82, 2.24) is 0 Å². The van der Waals surface area contributed by atoms with Crippen LogP contribution in [0.2, 0.25) is 0 Å². The number of carbonyl (C=O) groups is 1. The molecular formula is C21H23NO5. The van der Waals surface area contributed by atoms with E-state index in [1.165, 1.54) is 0 Å². The Morgan fingerprint density at radius 3 is 2.74 bits per heavy atom. The monoisotopic (exact) mass is 369 g/mol. The molecule has 0 saturated carbocycles. The van der Waals surface area contributed by atoms with Gasteiger partial charge in [0.25, 0.3) is 0 Å². The van der Waals surface area contributed by atoms with Crippen LogP contribution >= 0.6 is 0 Å². The highest BCUT2D eigenvalue weighted by Gasteiger charge is 2.24. The van der Waals surface area contributed by atoms with Crippen LogP contribution in [-0.2, 0) is 20.8 Å². The molecule has 1 aliphatic heterocycles. The van der Waals surface area contributed by atoms with E-state index >= 15 is 0 Å². The average Bonchev–Trinajstić information content (AvgIpc) is 3.18. The molecule has 1 heterocycles. The van der Waals surface area contributed by atoms with E-state index in [9.17, 15) is 9.90 Å². The third-order valence-corrected chi connectivity index (χ3v) is 4.48. The van der Waals surface area contributed by atoms with E-state index in [0.29, 0.717) is 19.4 Å². The van der Waals surface area contributed by atoms with Crippen LogP contribution in [0.15, 0.2) is 53.7 Å². The van der Waals surface area contributed by atoms with Crippen molar-refractivity contribution in [3.8, 4) is 5.75 Å². The first-order chi connectivity index (χ1) is 13.1. The first kappa shape index (κ1) is 18.9. The standard InChI is InChI=1S/C21H23NO5/c1-3-26-20(21(23)24)12-14-5-4-6-16(11-14)18-13-19(27-22-18)15-7-9-17(25-2)10-8-15/h4-11,19-20H,3,12-13H2,1-2H3,(H,23,24)/t19?,20-/m1/s1. The number of carboxylic acids is 1. The van der Waals surface area contributed by atoms with Gasteiger partial charge in [0.15, 0.2) is 12.2 Å². The molecule has 2 aromatic carbocycles. The van der Waals surface area contributed by atoms with Gasteiger partial charge in [-0.05, 0) is 41.8 Å². The fraction of sp³-hybridized carbons (Fsp3) is 0.333. The Bertz CT molecular complexity index is 816. The first-order valence-electron chi connectivity index (χ1n) is 8.91. The van der Waals surface area contributed by atoms with Gasteiger partial charge in [-0.3, -0.25) is 0 Å². The van der Waals surface area contributed by atoms with Crippen LogP contribution in [-0.4, -0.2) is 36.6 Å². The zero-order valence-electron chi connectivity index (χ0n) is 15.4. The van der Waals surface area contributed by atoms with Crippen molar-refractivity contribution < 1.29 is 24.2 Å². The molecule has 2 atom stereocenters. The maximum absolute atomic E-state index is 11.3. The van der Waals surface area contributed by atoms with E-state index in [4.69, 9.17) is 14.3 Å². The summed E-state index contributed by atoms with van der Waals surface area (Å²) in [5.74, 6) is -0.156. The lowest BCUT2D eigenvalue weighted by atomic mass is 9.97. The minimum atomic E-state index is -0.955. The molecule has 0 saturated heterocycles. The summed E-state index contributed by atoms with van der Waals surface area (Å²) in [6.07, 6.45) is -0.0137. The maximum atomic E-state index is 11.3. The van der Waals surface area contributed by atoms with E-state index in [1.54, 1.807) is 14.0 Å². The minimum Gasteiger partial charge on any atom is -0.497 e. The second kappa shape index (κ2) is 8.68. The lowest BCUT2D eigenvalue weighted by Crippen LogP contribution is -2.26. The molecule has 3 rings (SSSR count). The molecule has 1 N–H and O–H groups in total. The summed E-state index contributed by atoms with van der Waals surface area (Å²) in [7, 11) is 1.63. The van der Waals surface area contributed by atoms with Crippen molar-refractivity contribution in [3.05, 3.63) is 65.2 Å². The topological polar surface area (TPSA) is 77.3 Å². The Morgan fingerprint density at radius 2 is 2.07 bits per heavy atom. The SMILES string of the molecule is CCO[C@H](Cc1cccc(C2=NOC(c3ccc(OC)cc3)C2)c1)C(=O)O. The normalized spacial score (nSPS) is 17.1. The van der Waals surface area contributed by atoms with Gasteiger partial charge in [0, 0.05) is 19.4 Å². The number of hydrogen-bond donors (Lipinski definition) is 1. The summed E-state index contributed by atoms with van der Waals surface area (Å²) < 4.78 is 10.5. The van der Waals surface area contributed by atoms with Gasteiger partial charge in [-0.1, -0.05) is 35.5 Å². The smallest absolute Gasteiger partial charge is 0.333 e. The molecule has 0 fully saturated rings. The van der Waals surface area contributed by atoms with Gasteiger partial charge in [0.2, 0.25) is 0 Å². The number of benzene rings is 2. The number of ether oxygens (including phenoxy) is 2. The second-order valence-corrected chi connectivity index (χ2v) is 6.30. The van der Waals surface area contributed by atoms with Gasteiger partial charge >= 0.3 is 5.97 Å². The molecule has 6 heteroatoms. The first-order valence-corrected chi connectivity index (χ1v) is 8.91. The molecule has 0 aromatic heterocycles. The number of rotatable bonds is 8. The molecule has 2 aromatic rings. The third-order valence-electron chi connectivity index (χ3n) is 4.48. The summed E-state index contributed by atoms with van der Waals surface area (Å²) in [6, 6.07) is 15.4. The van der Waals surface area contributed by atoms with E-state index in [2.05, 4.69) is 5.16 Å². The van der Waals surface area contributed by atoms with Crippen LogP contribution < -0.4 is 4.74 Å². The lowest BCUT2D eigenvalue weighted by Gasteiger charge is -2.13. The van der Waals surface area contributed by atoms with Crippen molar-refractivity contribution >= 4 is 11.7 Å². The fourth-order valence-corrected chi connectivity index (χ4v) is 3.06. The van der Waals surface area contributed by atoms with E-state index in [-0.39, 0.29) is 6.10 Å². The van der Waals surface area contributed by atoms with Crippen molar-refractivity contribution in [2.24, 2.45) is 5.16 Å². The number of methoxy groups -OCH3 is 1. The number of nitrogens with zero attached hydrogens (tertiary/aromatic N) is 1. The fourth-order valence-electron chi connectivity index (χ4n) is 3.06. The second-order valence-electron chi connectivity index (χ2n) is 6.30. The summed E-state index contributed by atoms with van der Waals surface area (Å²) >= 11 is 0. The van der Waals surface area contributed by atoms with Crippen molar-refractivity contribution in [1.29, 1.82) is 0 Å². The molecule has 142 valence electrons. The summed E-state index contributed by atoms with van der Waals surface area (Å²) in [5.41, 5.74) is 3.71. The van der Waals surface area contributed by atoms with Gasteiger partial charge < -0.3 is 19.4 Å². The summed E-state index contributed by atoms with van der Waals surface area (Å²) in [4.78, 5) is 16.9. The van der Waals surface area contributed by atoms with Crippen molar-refractivity contribution in [2.45, 2.75) is 32.0 Å². The number of aliphatic carboxylic acids is 1. The average molecular weight is 369 g/mol. The predicted molar refractivity (Wildman–Crippen MR) is 101 cm³/mol. The van der Waals surface area contributed by atoms with Crippen LogP contribution in [0, 0.1) is 0 Å². The minimum absolute atomic E-state index is 0.134. The number of oxime groups is 1. The molecule has 0 amide bonds. The quantitative estimate of drug-likeness (QED) is 0.769. The Hall–Kier alpha value is -2.86. The largest absolute Gasteiger partial charge is 0.497 e. The molecule has 0 spiro atoms. The van der Waals surface area contributed by atoms with Gasteiger partial charge in [-0.25, -0.2) is 4.79 Å². The van der Waals surface area contributed by atoms with E-state index < -0.39 is 12.1 Å². The lowest BCUT2D eigenvalue weighted by molar-refractivity contribution is -0.149. The van der Waals surface area contributed by atoms with E-state index in [0.717, 1.165) is 28.2 Å². The van der Waals surface area contributed by atoms with Crippen LogP contribution in [0.1, 0.15) is 36.1 Å². The van der Waals surface area contributed by atoms with Crippen LogP contribution in [0.25, 0.3) is 0 Å². The molecule has 6 nitrogen and oxygen atoms in total.